The Hall–Kier alpha value is -2.41. The minimum absolute atomic E-state index is 0.129. The third-order valence-electron chi connectivity index (χ3n) is 4.55. The van der Waals surface area contributed by atoms with E-state index >= 15 is 0 Å². The Balaban J connectivity index is 1.94. The molecule has 7 heteroatoms. The summed E-state index contributed by atoms with van der Waals surface area (Å²) in [5.41, 5.74) is 3.73. The summed E-state index contributed by atoms with van der Waals surface area (Å²) in [6, 6.07) is 11.2. The van der Waals surface area contributed by atoms with Gasteiger partial charge in [-0.1, -0.05) is 23.8 Å². The zero-order valence-electron chi connectivity index (χ0n) is 16.7. The van der Waals surface area contributed by atoms with Gasteiger partial charge in [-0.15, -0.1) is 0 Å². The van der Waals surface area contributed by atoms with Crippen molar-refractivity contribution in [3.63, 3.8) is 0 Å². The minimum atomic E-state index is -3.53. The Bertz CT molecular complexity index is 927. The second-order valence-corrected chi connectivity index (χ2v) is 8.97. The molecule has 2 rings (SSSR count). The summed E-state index contributed by atoms with van der Waals surface area (Å²) in [5, 5.41) is 2.96. The van der Waals surface area contributed by atoms with Crippen LogP contribution in [-0.2, 0) is 14.8 Å². The zero-order valence-corrected chi connectivity index (χ0v) is 17.5. The van der Waals surface area contributed by atoms with Gasteiger partial charge < -0.3 is 5.32 Å². The predicted octanol–water partition coefficient (Wildman–Crippen LogP) is 3.87. The van der Waals surface area contributed by atoms with Gasteiger partial charge in [0.25, 0.3) is 0 Å². The van der Waals surface area contributed by atoms with Gasteiger partial charge in [0.15, 0.2) is 0 Å². The van der Waals surface area contributed by atoms with E-state index in [-0.39, 0.29) is 24.9 Å². The molecule has 2 aromatic carbocycles. The van der Waals surface area contributed by atoms with Gasteiger partial charge in [0.05, 0.1) is 18.0 Å². The molecule has 0 aliphatic carbocycles. The number of carbonyl (C=O) groups excluding carboxylic acids is 1. The molecule has 0 aliphatic rings. The number of hydrogen-bond donors (Lipinski definition) is 1. The average Bonchev–Trinajstić information content (AvgIpc) is 2.58. The number of aryl methyl sites for hydroxylation is 2. The van der Waals surface area contributed by atoms with Crippen LogP contribution in [0.5, 0.6) is 0 Å². The molecule has 0 radical (unpaired) electrons. The number of amides is 1. The molecule has 28 heavy (non-hydrogen) atoms. The molecule has 1 N–H and O–H groups in total. The highest BCUT2D eigenvalue weighted by atomic mass is 32.2. The first-order chi connectivity index (χ1) is 13.1. The highest BCUT2D eigenvalue weighted by Gasteiger charge is 2.18. The van der Waals surface area contributed by atoms with Crippen molar-refractivity contribution in [2.45, 2.75) is 39.7 Å². The van der Waals surface area contributed by atoms with E-state index in [1.54, 1.807) is 0 Å². The van der Waals surface area contributed by atoms with Crippen LogP contribution in [0.2, 0.25) is 0 Å². The lowest BCUT2D eigenvalue weighted by atomic mass is 10.00. The first-order valence-electron chi connectivity index (χ1n) is 9.17. The molecule has 0 aliphatic heterocycles. The van der Waals surface area contributed by atoms with Crippen molar-refractivity contribution in [2.75, 3.05) is 17.1 Å². The highest BCUT2D eigenvalue weighted by Crippen LogP contribution is 2.20. The summed E-state index contributed by atoms with van der Waals surface area (Å²) >= 11 is 0. The molecule has 5 nitrogen and oxygen atoms in total. The normalized spacial score (nSPS) is 12.5. The van der Waals surface area contributed by atoms with Crippen LogP contribution in [-0.4, -0.2) is 27.1 Å². The largest absolute Gasteiger partial charge is 0.350 e. The van der Waals surface area contributed by atoms with Crippen molar-refractivity contribution in [3.05, 3.63) is 65.0 Å². The first kappa shape index (κ1) is 21.9. The molecule has 1 atom stereocenters. The van der Waals surface area contributed by atoms with Crippen LogP contribution in [0.15, 0.2) is 42.5 Å². The first-order valence-corrected chi connectivity index (χ1v) is 11.0. The van der Waals surface area contributed by atoms with Crippen molar-refractivity contribution in [3.8, 4) is 0 Å². The summed E-state index contributed by atoms with van der Waals surface area (Å²) in [6.45, 7) is 6.11. The van der Waals surface area contributed by atoms with Crippen LogP contribution < -0.4 is 9.62 Å². The zero-order chi connectivity index (χ0) is 20.9. The van der Waals surface area contributed by atoms with Gasteiger partial charge in [0, 0.05) is 13.0 Å². The molecule has 0 bridgehead atoms. The van der Waals surface area contributed by atoms with E-state index < -0.39 is 15.8 Å². The Morgan fingerprint density at radius 3 is 2.36 bits per heavy atom. The summed E-state index contributed by atoms with van der Waals surface area (Å²) < 4.78 is 38.4. The summed E-state index contributed by atoms with van der Waals surface area (Å²) in [4.78, 5) is 12.3. The number of nitrogens with zero attached hydrogens (tertiary/aromatic N) is 1. The second kappa shape index (κ2) is 9.19. The van der Waals surface area contributed by atoms with E-state index in [9.17, 15) is 17.6 Å². The Labute approximate surface area is 166 Å². The van der Waals surface area contributed by atoms with Gasteiger partial charge in [-0.25, -0.2) is 12.8 Å². The van der Waals surface area contributed by atoms with Crippen molar-refractivity contribution in [2.24, 2.45) is 0 Å². The molecule has 1 amide bonds. The lowest BCUT2D eigenvalue weighted by Gasteiger charge is -2.22. The Morgan fingerprint density at radius 2 is 1.79 bits per heavy atom. The quantitative estimate of drug-likeness (QED) is 0.724. The fraction of sp³-hybridized carbons (Fsp3) is 0.381. The van der Waals surface area contributed by atoms with Crippen LogP contribution in [0, 0.1) is 19.7 Å². The van der Waals surface area contributed by atoms with E-state index in [1.807, 2.05) is 32.9 Å². The van der Waals surface area contributed by atoms with Crippen molar-refractivity contribution >= 4 is 21.6 Å². The minimum Gasteiger partial charge on any atom is -0.350 e. The highest BCUT2D eigenvalue weighted by molar-refractivity contribution is 7.92. The van der Waals surface area contributed by atoms with Crippen LogP contribution in [0.25, 0.3) is 0 Å². The third kappa shape index (κ3) is 6.05. The Kier molecular flexibility index (Phi) is 7.18. The lowest BCUT2D eigenvalue weighted by Crippen LogP contribution is -2.32. The topological polar surface area (TPSA) is 66.5 Å². The van der Waals surface area contributed by atoms with Crippen LogP contribution in [0.4, 0.5) is 10.1 Å². The van der Waals surface area contributed by atoms with Crippen LogP contribution >= 0.6 is 0 Å². The predicted molar refractivity (Wildman–Crippen MR) is 110 cm³/mol. The maximum Gasteiger partial charge on any atom is 0.232 e. The standard InChI is InChI=1S/C21H27FN2O3S/c1-15-7-12-20(16(2)14-15)17(3)23-21(25)6-5-13-24(28(4,26)27)19-10-8-18(22)9-11-19/h7-12,14,17H,5-6,13H2,1-4H3,(H,23,25)/t17-/m1/s1. The van der Waals surface area contributed by atoms with Crippen molar-refractivity contribution in [1.29, 1.82) is 0 Å². The number of halogens is 1. The summed E-state index contributed by atoms with van der Waals surface area (Å²) in [7, 11) is -3.53. The molecule has 0 saturated carbocycles. The van der Waals surface area contributed by atoms with Gasteiger partial charge in [0.1, 0.15) is 5.82 Å². The fourth-order valence-corrected chi connectivity index (χ4v) is 4.15. The second-order valence-electron chi connectivity index (χ2n) is 7.06. The van der Waals surface area contributed by atoms with Crippen molar-refractivity contribution < 1.29 is 17.6 Å². The average molecular weight is 407 g/mol. The number of benzene rings is 2. The van der Waals surface area contributed by atoms with E-state index in [0.29, 0.717) is 12.1 Å². The Morgan fingerprint density at radius 1 is 1.14 bits per heavy atom. The number of hydrogen-bond acceptors (Lipinski definition) is 3. The number of anilines is 1. The van der Waals surface area contributed by atoms with Crippen molar-refractivity contribution in [1.82, 2.24) is 5.32 Å². The molecule has 0 heterocycles. The molecule has 0 unspecified atom stereocenters. The van der Waals surface area contributed by atoms with Crippen LogP contribution in [0.3, 0.4) is 0 Å². The van der Waals surface area contributed by atoms with Gasteiger partial charge in [-0.2, -0.15) is 0 Å². The number of carbonyl (C=O) groups is 1. The molecule has 0 saturated heterocycles. The van der Waals surface area contributed by atoms with Gasteiger partial charge in [-0.3, -0.25) is 9.10 Å². The smallest absolute Gasteiger partial charge is 0.232 e. The van der Waals surface area contributed by atoms with Gasteiger partial charge in [0.2, 0.25) is 15.9 Å². The molecular formula is C21H27FN2O3S. The number of sulfonamides is 1. The summed E-state index contributed by atoms with van der Waals surface area (Å²) in [6.07, 6.45) is 1.65. The van der Waals surface area contributed by atoms with E-state index in [0.717, 1.165) is 17.4 Å². The molecule has 2 aromatic rings. The SMILES string of the molecule is Cc1ccc([C@@H](C)NC(=O)CCCN(c2ccc(F)cc2)S(C)(=O)=O)c(C)c1. The molecular weight excluding hydrogens is 379 g/mol. The van der Waals surface area contributed by atoms with E-state index in [2.05, 4.69) is 11.4 Å². The maximum atomic E-state index is 13.1. The number of nitrogens with one attached hydrogen (secondary N) is 1. The fourth-order valence-electron chi connectivity index (χ4n) is 3.18. The molecule has 152 valence electrons. The summed E-state index contributed by atoms with van der Waals surface area (Å²) in [5.74, 6) is -0.572. The van der Waals surface area contributed by atoms with Crippen LogP contribution in [0.1, 0.15) is 42.5 Å². The van der Waals surface area contributed by atoms with E-state index in [4.69, 9.17) is 0 Å². The monoisotopic (exact) mass is 406 g/mol. The van der Waals surface area contributed by atoms with Gasteiger partial charge >= 0.3 is 0 Å². The number of rotatable bonds is 8. The lowest BCUT2D eigenvalue weighted by molar-refractivity contribution is -0.121. The van der Waals surface area contributed by atoms with Gasteiger partial charge in [-0.05, 0) is 62.6 Å². The molecule has 0 aromatic heterocycles. The molecule has 0 spiro atoms. The third-order valence-corrected chi connectivity index (χ3v) is 5.74. The van der Waals surface area contributed by atoms with E-state index in [1.165, 1.54) is 34.1 Å². The molecule has 0 fully saturated rings. The maximum absolute atomic E-state index is 13.1.